The van der Waals surface area contributed by atoms with Crippen molar-refractivity contribution in [3.8, 4) is 0 Å². The first-order chi connectivity index (χ1) is 8.83. The van der Waals surface area contributed by atoms with Crippen molar-refractivity contribution >= 4 is 6.08 Å². The van der Waals surface area contributed by atoms with Crippen molar-refractivity contribution in [1.82, 2.24) is 4.90 Å². The quantitative estimate of drug-likeness (QED) is 0.750. The molecule has 1 aromatic rings. The summed E-state index contributed by atoms with van der Waals surface area (Å²) in [6.07, 6.45) is 7.76. The van der Waals surface area contributed by atoms with E-state index in [-0.39, 0.29) is 0 Å². The van der Waals surface area contributed by atoms with E-state index in [4.69, 9.17) is 4.74 Å². The van der Waals surface area contributed by atoms with E-state index in [9.17, 15) is 0 Å². The summed E-state index contributed by atoms with van der Waals surface area (Å²) < 4.78 is 6.18. The number of fused-ring (bicyclic) bond motifs is 1. The topological polar surface area (TPSA) is 12.5 Å². The first kappa shape index (κ1) is 11.8. The smallest absolute Gasteiger partial charge is 0.114 e. The Kier molecular flexibility index (Phi) is 3.37. The van der Waals surface area contributed by atoms with Crippen LogP contribution in [0.25, 0.3) is 6.08 Å². The molecule has 0 radical (unpaired) electrons. The standard InChI is InChI=1S/C16H21NO/c1-17-12-14(11-13-7-3-2-4-8-13)18-16-10-6-5-9-15(16)17/h2-4,7-8,11,15-16H,5-6,9-10,12H2,1H3/b14-11-/t15-,16-/m0/s1. The molecule has 2 fully saturated rings. The fourth-order valence-electron chi connectivity index (χ4n) is 3.13. The van der Waals surface area contributed by atoms with E-state index < -0.39 is 0 Å². The van der Waals surface area contributed by atoms with E-state index in [1.807, 2.05) is 6.07 Å². The van der Waals surface area contributed by atoms with Crippen LogP contribution in [0.4, 0.5) is 0 Å². The number of hydrogen-bond donors (Lipinski definition) is 0. The van der Waals surface area contributed by atoms with Crippen molar-refractivity contribution in [3.05, 3.63) is 41.7 Å². The van der Waals surface area contributed by atoms with Gasteiger partial charge in [-0.1, -0.05) is 36.8 Å². The molecule has 2 atom stereocenters. The molecule has 1 saturated heterocycles. The van der Waals surface area contributed by atoms with Gasteiger partial charge in [0.25, 0.3) is 0 Å². The summed E-state index contributed by atoms with van der Waals surface area (Å²) in [5.74, 6) is 1.12. The maximum Gasteiger partial charge on any atom is 0.114 e. The van der Waals surface area contributed by atoms with Crippen LogP contribution in [-0.4, -0.2) is 30.6 Å². The summed E-state index contributed by atoms with van der Waals surface area (Å²) in [6, 6.07) is 11.1. The molecule has 2 heteroatoms. The van der Waals surface area contributed by atoms with Gasteiger partial charge in [-0.15, -0.1) is 0 Å². The molecular weight excluding hydrogens is 222 g/mol. The molecule has 0 aromatic heterocycles. The minimum atomic E-state index is 0.410. The molecule has 0 N–H and O–H groups in total. The number of ether oxygens (including phenoxy) is 1. The highest BCUT2D eigenvalue weighted by molar-refractivity contribution is 5.51. The molecule has 0 amide bonds. The Balaban J connectivity index is 1.77. The van der Waals surface area contributed by atoms with Crippen LogP contribution in [0.3, 0.4) is 0 Å². The van der Waals surface area contributed by atoms with E-state index >= 15 is 0 Å². The summed E-state index contributed by atoms with van der Waals surface area (Å²) in [4.78, 5) is 2.46. The molecular formula is C16H21NO. The molecule has 1 aliphatic carbocycles. The van der Waals surface area contributed by atoms with Gasteiger partial charge in [0.2, 0.25) is 0 Å². The average molecular weight is 243 g/mol. The lowest BCUT2D eigenvalue weighted by molar-refractivity contribution is -0.0361. The van der Waals surface area contributed by atoms with Gasteiger partial charge in [0, 0.05) is 6.04 Å². The molecule has 18 heavy (non-hydrogen) atoms. The van der Waals surface area contributed by atoms with Gasteiger partial charge in [-0.05, 0) is 37.9 Å². The number of likely N-dealkylation sites (N-methyl/N-ethyl adjacent to an activating group) is 1. The van der Waals surface area contributed by atoms with Gasteiger partial charge in [-0.3, -0.25) is 4.90 Å². The number of nitrogens with zero attached hydrogens (tertiary/aromatic N) is 1. The van der Waals surface area contributed by atoms with Gasteiger partial charge in [-0.25, -0.2) is 0 Å². The van der Waals surface area contributed by atoms with Crippen molar-refractivity contribution < 1.29 is 4.74 Å². The number of hydrogen-bond acceptors (Lipinski definition) is 2. The Morgan fingerprint density at radius 2 is 1.94 bits per heavy atom. The van der Waals surface area contributed by atoms with Crippen molar-refractivity contribution in [2.75, 3.05) is 13.6 Å². The second-order valence-electron chi connectivity index (χ2n) is 5.44. The van der Waals surface area contributed by atoms with Crippen molar-refractivity contribution in [2.45, 2.75) is 37.8 Å². The zero-order chi connectivity index (χ0) is 12.4. The van der Waals surface area contributed by atoms with Crippen LogP contribution in [0.15, 0.2) is 36.1 Å². The van der Waals surface area contributed by atoms with Gasteiger partial charge in [-0.2, -0.15) is 0 Å². The second-order valence-corrected chi connectivity index (χ2v) is 5.44. The van der Waals surface area contributed by atoms with Gasteiger partial charge in [0.15, 0.2) is 0 Å². The van der Waals surface area contributed by atoms with Gasteiger partial charge in [0.1, 0.15) is 11.9 Å². The van der Waals surface area contributed by atoms with Gasteiger partial charge >= 0.3 is 0 Å². The third kappa shape index (κ3) is 2.44. The summed E-state index contributed by atoms with van der Waals surface area (Å²) >= 11 is 0. The number of rotatable bonds is 1. The monoisotopic (exact) mass is 243 g/mol. The normalized spacial score (nSPS) is 30.8. The minimum Gasteiger partial charge on any atom is -0.492 e. The minimum absolute atomic E-state index is 0.410. The van der Waals surface area contributed by atoms with E-state index in [0.29, 0.717) is 12.1 Å². The third-order valence-electron chi connectivity index (χ3n) is 4.07. The van der Waals surface area contributed by atoms with Crippen LogP contribution in [-0.2, 0) is 4.74 Å². The highest BCUT2D eigenvalue weighted by Crippen LogP contribution is 2.31. The maximum atomic E-state index is 6.18. The van der Waals surface area contributed by atoms with Crippen LogP contribution in [0.2, 0.25) is 0 Å². The molecule has 96 valence electrons. The predicted octanol–water partition coefficient (Wildman–Crippen LogP) is 3.30. The Labute approximate surface area is 109 Å². The zero-order valence-electron chi connectivity index (χ0n) is 11.0. The van der Waals surface area contributed by atoms with E-state index in [1.165, 1.54) is 31.2 Å². The number of benzene rings is 1. The molecule has 2 nitrogen and oxygen atoms in total. The zero-order valence-corrected chi connectivity index (χ0v) is 11.0. The molecule has 0 unspecified atom stereocenters. The molecule has 0 spiro atoms. The number of morpholine rings is 1. The first-order valence-electron chi connectivity index (χ1n) is 6.95. The lowest BCUT2D eigenvalue weighted by Crippen LogP contribution is -2.49. The molecule has 3 rings (SSSR count). The van der Waals surface area contributed by atoms with Crippen LogP contribution in [0, 0.1) is 0 Å². The maximum absolute atomic E-state index is 6.18. The van der Waals surface area contributed by atoms with Gasteiger partial charge < -0.3 is 4.74 Å². The highest BCUT2D eigenvalue weighted by atomic mass is 16.5. The Morgan fingerprint density at radius 1 is 1.17 bits per heavy atom. The Bertz CT molecular complexity index is 426. The van der Waals surface area contributed by atoms with Crippen molar-refractivity contribution in [3.63, 3.8) is 0 Å². The third-order valence-corrected chi connectivity index (χ3v) is 4.07. The summed E-state index contributed by atoms with van der Waals surface area (Å²) in [5.41, 5.74) is 1.23. The van der Waals surface area contributed by atoms with E-state index in [0.717, 1.165) is 12.3 Å². The fourth-order valence-corrected chi connectivity index (χ4v) is 3.13. The van der Waals surface area contributed by atoms with Gasteiger partial charge in [0.05, 0.1) is 6.54 Å². The van der Waals surface area contributed by atoms with Crippen LogP contribution in [0.1, 0.15) is 31.2 Å². The second kappa shape index (κ2) is 5.15. The van der Waals surface area contributed by atoms with Crippen molar-refractivity contribution in [2.24, 2.45) is 0 Å². The van der Waals surface area contributed by atoms with E-state index in [2.05, 4.69) is 42.3 Å². The van der Waals surface area contributed by atoms with Crippen molar-refractivity contribution in [1.29, 1.82) is 0 Å². The molecule has 2 aliphatic rings. The molecule has 1 saturated carbocycles. The molecule has 0 bridgehead atoms. The molecule has 1 heterocycles. The summed E-state index contributed by atoms with van der Waals surface area (Å²) in [6.45, 7) is 0.941. The summed E-state index contributed by atoms with van der Waals surface area (Å²) in [7, 11) is 2.23. The lowest BCUT2D eigenvalue weighted by Gasteiger charge is -2.43. The van der Waals surface area contributed by atoms with Crippen LogP contribution in [0.5, 0.6) is 0 Å². The highest BCUT2D eigenvalue weighted by Gasteiger charge is 2.34. The molecule has 1 aliphatic heterocycles. The van der Waals surface area contributed by atoms with E-state index in [1.54, 1.807) is 0 Å². The SMILES string of the molecule is CN1C/C(=C/c2ccccc2)O[C@H]2CCCC[C@@H]21. The first-order valence-corrected chi connectivity index (χ1v) is 6.95. The average Bonchev–Trinajstić information content (AvgIpc) is 2.40. The van der Waals surface area contributed by atoms with Crippen LogP contribution < -0.4 is 0 Å². The Morgan fingerprint density at radius 3 is 2.78 bits per heavy atom. The van der Waals surface area contributed by atoms with Crippen LogP contribution >= 0.6 is 0 Å². The molecule has 1 aromatic carbocycles. The predicted molar refractivity (Wildman–Crippen MR) is 74.2 cm³/mol. The largest absolute Gasteiger partial charge is 0.492 e. The Hall–Kier alpha value is -1.28. The summed E-state index contributed by atoms with van der Waals surface area (Å²) in [5, 5.41) is 0. The fraction of sp³-hybridized carbons (Fsp3) is 0.500. The lowest BCUT2D eigenvalue weighted by atomic mass is 9.90.